The van der Waals surface area contributed by atoms with E-state index in [0.717, 1.165) is 0 Å². The molecule has 0 aromatic carbocycles. The van der Waals surface area contributed by atoms with Gasteiger partial charge in [0, 0.05) is 0 Å². The van der Waals surface area contributed by atoms with Crippen molar-refractivity contribution in [3.63, 3.8) is 0 Å². The summed E-state index contributed by atoms with van der Waals surface area (Å²) in [6.45, 7) is -8.98. The lowest BCUT2D eigenvalue weighted by molar-refractivity contribution is -0.0485. The van der Waals surface area contributed by atoms with Crippen LogP contribution in [0.5, 0.6) is 0 Å². The number of nitrogen functional groups attached to an aromatic ring is 1. The van der Waals surface area contributed by atoms with E-state index < -0.39 is 50.1 Å². The molecule has 18 heteroatoms. The fraction of sp³-hybridized carbons (Fsp3) is 0.500. The highest BCUT2D eigenvalue weighted by Crippen LogP contribution is 2.58. The van der Waals surface area contributed by atoms with Crippen molar-refractivity contribution in [2.75, 3.05) is 12.3 Å². The largest absolute Gasteiger partial charge is 0.387 e. The van der Waals surface area contributed by atoms with Crippen molar-refractivity contribution in [3.8, 4) is 0 Å². The van der Waals surface area contributed by atoms with Crippen molar-refractivity contribution in [3.05, 3.63) is 16.7 Å². The average Bonchev–Trinajstić information content (AvgIpc) is 3.06. The molecule has 1 unspecified atom stereocenters. The Morgan fingerprint density at radius 1 is 1.32 bits per heavy atom. The van der Waals surface area contributed by atoms with E-state index in [9.17, 15) is 19.9 Å². The number of hydrogen-bond donors (Lipinski definition) is 7. The Morgan fingerprint density at radius 2 is 2.00 bits per heavy atom. The molecule has 14 nitrogen and oxygen atoms in total. The minimum absolute atomic E-state index is 0.0101. The van der Waals surface area contributed by atoms with Crippen molar-refractivity contribution in [2.45, 2.75) is 24.5 Å². The number of nitrogens with one attached hydrogen (secondary N) is 1. The number of nitrogens with two attached hydrogens (primary N) is 1. The molecule has 1 fully saturated rings. The summed E-state index contributed by atoms with van der Waals surface area (Å²) >= 11 is 8.79. The second-order valence-electron chi connectivity index (χ2n) is 5.66. The summed E-state index contributed by atoms with van der Waals surface area (Å²) in [5.41, 5.74) is 4.86. The molecule has 0 radical (unpaired) electrons. The lowest BCUT2D eigenvalue weighted by Gasteiger charge is -2.21. The molecule has 8 N–H and O–H groups in total. The molecule has 1 aliphatic rings. The molecule has 156 valence electrons. The van der Waals surface area contributed by atoms with Crippen LogP contribution in [0.2, 0.25) is 0 Å². The molecular formula is C10H15N5O9P2S2. The number of anilines is 1. The maximum absolute atomic E-state index is 11.8. The van der Waals surface area contributed by atoms with Gasteiger partial charge in [-0.1, -0.05) is 0 Å². The maximum Gasteiger partial charge on any atom is 0.331 e. The van der Waals surface area contributed by atoms with Crippen LogP contribution in [0.15, 0.2) is 11.1 Å². The van der Waals surface area contributed by atoms with Crippen LogP contribution >= 0.6 is 13.4 Å². The number of H-pyrrole nitrogens is 1. The standard InChI is InChI=1S/C10H15N5O9P2S2/c11-10-13-7-4(8(18)14-10)12-2-15(7)9-6(17)5(16)3(23-9)1-22-26(21,28)24-25(19,20)27/h2-3,5-6,9,16-17H,1H2,(H,21,28)(H2,19,20,27)(H3,11,13,14,18)/t3-,5-,6-,9-,26?/m1/s1. The zero-order valence-corrected chi connectivity index (χ0v) is 17.0. The molecule has 0 bridgehead atoms. The highest BCUT2D eigenvalue weighted by Gasteiger charge is 2.45. The molecule has 1 saturated heterocycles. The van der Waals surface area contributed by atoms with Crippen LogP contribution in [-0.4, -0.2) is 69.3 Å². The summed E-state index contributed by atoms with van der Waals surface area (Å²) in [6, 6.07) is 0. The van der Waals surface area contributed by atoms with E-state index in [1.807, 2.05) is 0 Å². The van der Waals surface area contributed by atoms with E-state index in [1.165, 1.54) is 10.9 Å². The highest BCUT2D eigenvalue weighted by atomic mass is 32.5. The molecule has 2 aromatic rings. The van der Waals surface area contributed by atoms with E-state index in [1.54, 1.807) is 0 Å². The Hall–Kier alpha value is -0.870. The van der Waals surface area contributed by atoms with Crippen molar-refractivity contribution in [1.29, 1.82) is 0 Å². The zero-order valence-electron chi connectivity index (χ0n) is 13.6. The fourth-order valence-electron chi connectivity index (χ4n) is 2.55. The minimum atomic E-state index is -4.28. The molecule has 28 heavy (non-hydrogen) atoms. The van der Waals surface area contributed by atoms with Gasteiger partial charge in [0.15, 0.2) is 17.4 Å². The summed E-state index contributed by atoms with van der Waals surface area (Å²) < 4.78 is 15.9. The molecule has 0 amide bonds. The Morgan fingerprint density at radius 3 is 2.64 bits per heavy atom. The number of aliphatic hydroxyl groups is 2. The van der Waals surface area contributed by atoms with Crippen molar-refractivity contribution in [1.82, 2.24) is 19.5 Å². The van der Waals surface area contributed by atoms with Crippen LogP contribution in [0.3, 0.4) is 0 Å². The van der Waals surface area contributed by atoms with Crippen molar-refractivity contribution in [2.24, 2.45) is 0 Å². The number of rotatable bonds is 6. The molecule has 0 saturated carbocycles. The third-order valence-electron chi connectivity index (χ3n) is 3.67. The average molecular weight is 475 g/mol. The number of aromatic nitrogens is 4. The van der Waals surface area contributed by atoms with Crippen LogP contribution in [-0.2, 0) is 37.2 Å². The Labute approximate surface area is 166 Å². The van der Waals surface area contributed by atoms with Gasteiger partial charge in [-0.25, -0.2) is 9.29 Å². The van der Waals surface area contributed by atoms with Gasteiger partial charge in [-0.05, 0) is 23.6 Å². The monoisotopic (exact) mass is 475 g/mol. The number of aliphatic hydroxyl groups excluding tert-OH is 2. The van der Waals surface area contributed by atoms with E-state index in [-0.39, 0.29) is 17.1 Å². The Bertz CT molecular complexity index is 1040. The van der Waals surface area contributed by atoms with Crippen LogP contribution in [0.4, 0.5) is 5.95 Å². The lowest BCUT2D eigenvalue weighted by atomic mass is 10.1. The van der Waals surface area contributed by atoms with Crippen LogP contribution in [0.1, 0.15) is 6.23 Å². The summed E-state index contributed by atoms with van der Waals surface area (Å²) in [6.07, 6.45) is -4.25. The number of ether oxygens (including phenoxy) is 1. The number of fused-ring (bicyclic) bond motifs is 1. The zero-order chi connectivity index (χ0) is 20.9. The minimum Gasteiger partial charge on any atom is -0.387 e. The molecule has 2 aromatic heterocycles. The van der Waals surface area contributed by atoms with Gasteiger partial charge in [-0.3, -0.25) is 14.3 Å². The summed E-state index contributed by atoms with van der Waals surface area (Å²) in [4.78, 5) is 49.8. The second-order valence-corrected chi connectivity index (χ2v) is 11.3. The number of hydrogen-bond acceptors (Lipinski definition) is 11. The topological polar surface area (TPSA) is 218 Å². The van der Waals surface area contributed by atoms with E-state index >= 15 is 0 Å². The Kier molecular flexibility index (Phi) is 6.05. The van der Waals surface area contributed by atoms with Gasteiger partial charge in [0.25, 0.3) is 5.56 Å². The first-order valence-corrected chi connectivity index (χ1v) is 12.6. The van der Waals surface area contributed by atoms with Crippen LogP contribution in [0, 0.1) is 0 Å². The van der Waals surface area contributed by atoms with Crippen molar-refractivity contribution < 1.29 is 38.5 Å². The lowest BCUT2D eigenvalue weighted by Crippen LogP contribution is -2.33. The molecule has 0 aliphatic carbocycles. The van der Waals surface area contributed by atoms with Gasteiger partial charge in [0.05, 0.1) is 12.9 Å². The molecular weight excluding hydrogens is 460 g/mol. The second kappa shape index (κ2) is 7.75. The maximum atomic E-state index is 11.8. The SMILES string of the molecule is Nc1nc2c(ncn2[C@@H]2O[C@H](COP(O)(=S)OP(O)(O)=S)[C@@H](O)[C@H]2O)c(=O)[nH]1. The van der Waals surface area contributed by atoms with E-state index in [4.69, 9.17) is 24.8 Å². The molecule has 1 aliphatic heterocycles. The van der Waals surface area contributed by atoms with Gasteiger partial charge in [0.1, 0.15) is 18.3 Å². The fourth-order valence-corrected chi connectivity index (χ4v) is 6.36. The van der Waals surface area contributed by atoms with Gasteiger partial charge < -0.3 is 39.9 Å². The molecule has 5 atom stereocenters. The summed E-state index contributed by atoms with van der Waals surface area (Å²) in [5, 5.41) is 20.5. The third kappa shape index (κ3) is 4.64. The quantitative estimate of drug-likeness (QED) is 0.220. The number of imidazole rings is 1. The number of aromatic amines is 1. The Balaban J connectivity index is 1.79. The highest BCUT2D eigenvalue weighted by molar-refractivity contribution is 8.14. The number of nitrogens with zero attached hydrogens (tertiary/aromatic N) is 3. The van der Waals surface area contributed by atoms with Gasteiger partial charge in [0.2, 0.25) is 5.95 Å². The first-order valence-electron chi connectivity index (χ1n) is 7.36. The predicted molar refractivity (Wildman–Crippen MR) is 101 cm³/mol. The molecule has 0 spiro atoms. The van der Waals surface area contributed by atoms with Gasteiger partial charge in [-0.15, -0.1) is 0 Å². The third-order valence-corrected chi connectivity index (χ3v) is 7.34. The first-order chi connectivity index (χ1) is 12.9. The predicted octanol–water partition coefficient (Wildman–Crippen LogP) is -2.22. The normalized spacial score (nSPS) is 27.9. The van der Waals surface area contributed by atoms with Gasteiger partial charge >= 0.3 is 13.4 Å². The van der Waals surface area contributed by atoms with E-state index in [0.29, 0.717) is 0 Å². The van der Waals surface area contributed by atoms with Crippen molar-refractivity contribution >= 4 is 54.2 Å². The first kappa shape index (κ1) is 21.8. The summed E-state index contributed by atoms with van der Waals surface area (Å²) in [7, 11) is 0. The van der Waals surface area contributed by atoms with Crippen LogP contribution < -0.4 is 11.3 Å². The van der Waals surface area contributed by atoms with Crippen LogP contribution in [0.25, 0.3) is 11.2 Å². The summed E-state index contributed by atoms with van der Waals surface area (Å²) in [5.74, 6) is -0.186. The van der Waals surface area contributed by atoms with Gasteiger partial charge in [-0.2, -0.15) is 4.98 Å². The van der Waals surface area contributed by atoms with E-state index in [2.05, 4.69) is 42.9 Å². The molecule has 3 rings (SSSR count). The molecule has 3 heterocycles. The smallest absolute Gasteiger partial charge is 0.331 e.